The summed E-state index contributed by atoms with van der Waals surface area (Å²) in [7, 11) is 0. The third kappa shape index (κ3) is 7.12. The number of para-hydroxylation sites is 1. The van der Waals surface area contributed by atoms with Crippen molar-refractivity contribution in [2.45, 2.75) is 26.4 Å². The Bertz CT molecular complexity index is 780. The van der Waals surface area contributed by atoms with E-state index < -0.39 is 6.10 Å². The van der Waals surface area contributed by atoms with Gasteiger partial charge in [0.25, 0.3) is 11.8 Å². The van der Waals surface area contributed by atoms with Gasteiger partial charge in [-0.15, -0.1) is 0 Å². The van der Waals surface area contributed by atoms with E-state index in [0.717, 1.165) is 12.0 Å². The molecule has 0 saturated carbocycles. The van der Waals surface area contributed by atoms with E-state index in [1.165, 1.54) is 0 Å². The number of hydrogen-bond donors (Lipinski definition) is 2. The first kappa shape index (κ1) is 21.6. The lowest BCUT2D eigenvalue weighted by atomic mass is 10.1. The Morgan fingerprint density at radius 2 is 1.71 bits per heavy atom. The van der Waals surface area contributed by atoms with E-state index in [1.807, 2.05) is 31.2 Å². The highest BCUT2D eigenvalue weighted by molar-refractivity contribution is 6.30. The van der Waals surface area contributed by atoms with Gasteiger partial charge in [-0.3, -0.25) is 9.59 Å². The summed E-state index contributed by atoms with van der Waals surface area (Å²) in [4.78, 5) is 23.9. The zero-order valence-corrected chi connectivity index (χ0v) is 16.8. The lowest BCUT2D eigenvalue weighted by Gasteiger charge is -2.15. The molecule has 0 aliphatic carbocycles. The molecule has 7 heteroatoms. The topological polar surface area (TPSA) is 76.7 Å². The van der Waals surface area contributed by atoms with Crippen molar-refractivity contribution < 1.29 is 19.1 Å². The van der Waals surface area contributed by atoms with Crippen LogP contribution in [0.25, 0.3) is 0 Å². The van der Waals surface area contributed by atoms with Crippen LogP contribution >= 0.6 is 11.6 Å². The molecule has 1 atom stereocenters. The molecule has 2 amide bonds. The van der Waals surface area contributed by atoms with Crippen LogP contribution in [-0.2, 0) is 16.0 Å². The molecule has 2 rings (SSSR count). The number of carbonyl (C=O) groups is 2. The number of aryl methyl sites for hydroxylation is 1. The summed E-state index contributed by atoms with van der Waals surface area (Å²) in [6.07, 6.45) is 0.172. The number of amides is 2. The number of benzene rings is 2. The van der Waals surface area contributed by atoms with Crippen molar-refractivity contribution in [2.75, 3.05) is 19.7 Å². The smallest absolute Gasteiger partial charge is 0.260 e. The summed E-state index contributed by atoms with van der Waals surface area (Å²) in [6.45, 7) is 4.21. The van der Waals surface area contributed by atoms with Crippen LogP contribution in [0.3, 0.4) is 0 Å². The minimum absolute atomic E-state index is 0.0684. The van der Waals surface area contributed by atoms with Crippen molar-refractivity contribution in [3.05, 3.63) is 59.1 Å². The van der Waals surface area contributed by atoms with E-state index in [2.05, 4.69) is 10.6 Å². The number of nitrogens with one attached hydrogen (secondary N) is 2. The first-order valence-corrected chi connectivity index (χ1v) is 9.54. The number of hydrogen-bond acceptors (Lipinski definition) is 4. The van der Waals surface area contributed by atoms with Gasteiger partial charge in [0.1, 0.15) is 11.5 Å². The molecule has 150 valence electrons. The first-order chi connectivity index (χ1) is 13.5. The highest BCUT2D eigenvalue weighted by Gasteiger charge is 2.14. The van der Waals surface area contributed by atoms with E-state index in [9.17, 15) is 9.59 Å². The third-order valence-corrected chi connectivity index (χ3v) is 4.21. The molecule has 0 heterocycles. The molecule has 2 aromatic rings. The molecule has 0 radical (unpaired) electrons. The van der Waals surface area contributed by atoms with Crippen molar-refractivity contribution in [1.82, 2.24) is 10.6 Å². The van der Waals surface area contributed by atoms with Crippen molar-refractivity contribution >= 4 is 23.4 Å². The van der Waals surface area contributed by atoms with E-state index in [4.69, 9.17) is 21.1 Å². The van der Waals surface area contributed by atoms with Gasteiger partial charge in [-0.05, 0) is 49.2 Å². The monoisotopic (exact) mass is 404 g/mol. The van der Waals surface area contributed by atoms with Crippen molar-refractivity contribution in [1.29, 1.82) is 0 Å². The van der Waals surface area contributed by atoms with Crippen LogP contribution in [0.1, 0.15) is 19.4 Å². The minimum Gasteiger partial charge on any atom is -0.483 e. The second-order valence-electron chi connectivity index (χ2n) is 6.10. The summed E-state index contributed by atoms with van der Waals surface area (Å²) in [5, 5.41) is 6.02. The molecule has 2 N–H and O–H groups in total. The van der Waals surface area contributed by atoms with Crippen LogP contribution in [0.15, 0.2) is 48.5 Å². The van der Waals surface area contributed by atoms with E-state index in [1.54, 1.807) is 31.2 Å². The zero-order valence-electron chi connectivity index (χ0n) is 16.0. The number of rotatable bonds is 10. The minimum atomic E-state index is -0.661. The molecule has 0 saturated heterocycles. The average molecular weight is 405 g/mol. The van der Waals surface area contributed by atoms with Gasteiger partial charge in [-0.2, -0.15) is 0 Å². The van der Waals surface area contributed by atoms with Crippen LogP contribution in [0.2, 0.25) is 5.02 Å². The maximum atomic E-state index is 12.0. The number of carbonyl (C=O) groups excluding carboxylic acids is 2. The highest BCUT2D eigenvalue weighted by atomic mass is 35.5. The maximum Gasteiger partial charge on any atom is 0.260 e. The van der Waals surface area contributed by atoms with Gasteiger partial charge in [0, 0.05) is 18.1 Å². The van der Waals surface area contributed by atoms with Crippen LogP contribution in [0, 0.1) is 0 Å². The number of halogens is 1. The van der Waals surface area contributed by atoms with Gasteiger partial charge in [0.2, 0.25) is 0 Å². The van der Waals surface area contributed by atoms with Gasteiger partial charge in [-0.25, -0.2) is 0 Å². The third-order valence-electron chi connectivity index (χ3n) is 3.95. The van der Waals surface area contributed by atoms with E-state index in [-0.39, 0.29) is 18.4 Å². The molecular formula is C21H25ClN2O4. The quantitative estimate of drug-likeness (QED) is 0.597. The highest BCUT2D eigenvalue weighted by Crippen LogP contribution is 2.18. The van der Waals surface area contributed by atoms with E-state index >= 15 is 0 Å². The standard InChI is InChI=1S/C21H25ClN2O4/c1-3-16-6-4-5-7-19(16)27-14-20(25)23-12-13-24-21(26)15(2)28-18-10-8-17(22)9-11-18/h4-11,15H,3,12-14H2,1-2H3,(H,23,25)(H,24,26). The molecule has 0 aromatic heterocycles. The van der Waals surface area contributed by atoms with Gasteiger partial charge < -0.3 is 20.1 Å². The van der Waals surface area contributed by atoms with Gasteiger partial charge in [0.15, 0.2) is 12.7 Å². The molecular weight excluding hydrogens is 380 g/mol. The zero-order chi connectivity index (χ0) is 20.4. The first-order valence-electron chi connectivity index (χ1n) is 9.17. The fourth-order valence-electron chi connectivity index (χ4n) is 2.43. The average Bonchev–Trinajstić information content (AvgIpc) is 2.71. The summed E-state index contributed by atoms with van der Waals surface area (Å²) in [5.74, 6) is 0.759. The van der Waals surface area contributed by atoms with Crippen molar-refractivity contribution in [2.24, 2.45) is 0 Å². The summed E-state index contributed by atoms with van der Waals surface area (Å²) in [5.41, 5.74) is 1.05. The second-order valence-corrected chi connectivity index (χ2v) is 6.54. The molecule has 0 fully saturated rings. The second kappa shape index (κ2) is 11.2. The van der Waals surface area contributed by atoms with Crippen molar-refractivity contribution in [3.63, 3.8) is 0 Å². The molecule has 6 nitrogen and oxygen atoms in total. The van der Waals surface area contributed by atoms with Gasteiger partial charge >= 0.3 is 0 Å². The Balaban J connectivity index is 1.63. The fourth-order valence-corrected chi connectivity index (χ4v) is 2.56. The molecule has 0 bridgehead atoms. The summed E-state index contributed by atoms with van der Waals surface area (Å²) < 4.78 is 11.1. The molecule has 28 heavy (non-hydrogen) atoms. The Labute approximate surface area is 170 Å². The van der Waals surface area contributed by atoms with Gasteiger partial charge in [0.05, 0.1) is 0 Å². The van der Waals surface area contributed by atoms with E-state index in [0.29, 0.717) is 29.6 Å². The number of ether oxygens (including phenoxy) is 2. The Morgan fingerprint density at radius 3 is 2.43 bits per heavy atom. The largest absolute Gasteiger partial charge is 0.483 e. The Kier molecular flexibility index (Phi) is 8.62. The van der Waals surface area contributed by atoms with Crippen LogP contribution in [0.4, 0.5) is 0 Å². The predicted octanol–water partition coefficient (Wildman–Crippen LogP) is 2.98. The SMILES string of the molecule is CCc1ccccc1OCC(=O)NCCNC(=O)C(C)Oc1ccc(Cl)cc1. The molecule has 2 aromatic carbocycles. The predicted molar refractivity (Wildman–Crippen MR) is 109 cm³/mol. The van der Waals surface area contributed by atoms with Gasteiger partial charge in [-0.1, -0.05) is 36.7 Å². The Hall–Kier alpha value is -2.73. The fraction of sp³-hybridized carbons (Fsp3) is 0.333. The molecule has 0 spiro atoms. The summed E-state index contributed by atoms with van der Waals surface area (Å²) in [6, 6.07) is 14.4. The Morgan fingerprint density at radius 1 is 1.04 bits per heavy atom. The van der Waals surface area contributed by atoms with Crippen LogP contribution < -0.4 is 20.1 Å². The van der Waals surface area contributed by atoms with Crippen LogP contribution in [-0.4, -0.2) is 37.6 Å². The lowest BCUT2D eigenvalue weighted by Crippen LogP contribution is -2.41. The summed E-state index contributed by atoms with van der Waals surface area (Å²) >= 11 is 5.81. The molecule has 0 aliphatic rings. The normalized spacial score (nSPS) is 11.4. The maximum absolute atomic E-state index is 12.0. The van der Waals surface area contributed by atoms with Crippen molar-refractivity contribution in [3.8, 4) is 11.5 Å². The lowest BCUT2D eigenvalue weighted by molar-refractivity contribution is -0.127. The van der Waals surface area contributed by atoms with Crippen LogP contribution in [0.5, 0.6) is 11.5 Å². The molecule has 0 aliphatic heterocycles. The molecule has 1 unspecified atom stereocenters.